The quantitative estimate of drug-likeness (QED) is 0.721. The first kappa shape index (κ1) is 7.93. The van der Waals surface area contributed by atoms with Crippen molar-refractivity contribution < 1.29 is 9.90 Å². The molecule has 2 aromatic rings. The van der Waals surface area contributed by atoms with E-state index in [1.807, 2.05) is 0 Å². The summed E-state index contributed by atoms with van der Waals surface area (Å²) in [7, 11) is 0. The van der Waals surface area contributed by atoms with Crippen molar-refractivity contribution in [3.8, 4) is 0 Å². The summed E-state index contributed by atoms with van der Waals surface area (Å²) in [5.41, 5.74) is 0.191. The molecule has 1 N–H and O–H groups in total. The number of aromatic nitrogens is 4. The zero-order valence-electron chi connectivity index (χ0n) is 6.18. The van der Waals surface area contributed by atoms with E-state index >= 15 is 0 Å². The molecule has 2 heterocycles. The topological polar surface area (TPSA) is 80.4 Å². The van der Waals surface area contributed by atoms with Crippen LogP contribution in [0.2, 0.25) is 5.28 Å². The standard InChI is InChI=1S/C6H3ClN4O2/c7-6-9-2-8-4-3(5(12)13)1-10-11(4)6/h1-2H,(H,12,13). The van der Waals surface area contributed by atoms with Crippen molar-refractivity contribution in [1.82, 2.24) is 19.6 Å². The predicted molar refractivity (Wildman–Crippen MR) is 42.8 cm³/mol. The van der Waals surface area contributed by atoms with Gasteiger partial charge in [0.2, 0.25) is 5.28 Å². The van der Waals surface area contributed by atoms with Gasteiger partial charge in [-0.25, -0.2) is 14.8 Å². The SMILES string of the molecule is O=C(O)c1cnn2c(Cl)ncnc12. The van der Waals surface area contributed by atoms with Crippen LogP contribution >= 0.6 is 11.6 Å². The van der Waals surface area contributed by atoms with Gasteiger partial charge in [-0.1, -0.05) is 0 Å². The van der Waals surface area contributed by atoms with Crippen LogP contribution in [0.5, 0.6) is 0 Å². The molecule has 0 aliphatic carbocycles. The number of carboxylic acid groups (broad SMARTS) is 1. The second-order valence-electron chi connectivity index (χ2n) is 2.24. The van der Waals surface area contributed by atoms with Gasteiger partial charge in [-0.15, -0.1) is 0 Å². The lowest BCUT2D eigenvalue weighted by molar-refractivity contribution is 0.0699. The molecular weight excluding hydrogens is 196 g/mol. The highest BCUT2D eigenvalue weighted by Crippen LogP contribution is 2.10. The Labute approximate surface area is 76.8 Å². The van der Waals surface area contributed by atoms with Gasteiger partial charge in [-0.2, -0.15) is 9.61 Å². The second kappa shape index (κ2) is 2.67. The summed E-state index contributed by atoms with van der Waals surface area (Å²) in [5.74, 6) is -1.09. The second-order valence-corrected chi connectivity index (χ2v) is 2.58. The third kappa shape index (κ3) is 1.11. The van der Waals surface area contributed by atoms with Gasteiger partial charge < -0.3 is 5.11 Å². The molecule has 0 bridgehead atoms. The molecule has 0 aliphatic rings. The highest BCUT2D eigenvalue weighted by atomic mass is 35.5. The summed E-state index contributed by atoms with van der Waals surface area (Å²) in [4.78, 5) is 18.0. The van der Waals surface area contributed by atoms with Gasteiger partial charge >= 0.3 is 5.97 Å². The molecule has 0 atom stereocenters. The lowest BCUT2D eigenvalue weighted by Crippen LogP contribution is -1.99. The van der Waals surface area contributed by atoms with Gasteiger partial charge in [0.05, 0.1) is 6.20 Å². The summed E-state index contributed by atoms with van der Waals surface area (Å²) in [6.07, 6.45) is 2.37. The minimum atomic E-state index is -1.09. The zero-order chi connectivity index (χ0) is 9.42. The normalized spacial score (nSPS) is 10.5. The summed E-state index contributed by atoms with van der Waals surface area (Å²) < 4.78 is 1.16. The van der Waals surface area contributed by atoms with Crippen LogP contribution < -0.4 is 0 Å². The van der Waals surface area contributed by atoms with Crippen LogP contribution in [-0.4, -0.2) is 30.7 Å². The predicted octanol–water partition coefficient (Wildman–Crippen LogP) is 0.476. The average Bonchev–Trinajstić information content (AvgIpc) is 2.48. The van der Waals surface area contributed by atoms with E-state index in [2.05, 4.69) is 15.1 Å². The van der Waals surface area contributed by atoms with E-state index in [1.165, 1.54) is 12.5 Å². The van der Waals surface area contributed by atoms with E-state index in [9.17, 15) is 4.79 Å². The van der Waals surface area contributed by atoms with Gasteiger partial charge in [0.25, 0.3) is 0 Å². The minimum absolute atomic E-state index is 0.00398. The lowest BCUT2D eigenvalue weighted by atomic mass is 10.3. The number of fused-ring (bicyclic) bond motifs is 1. The van der Waals surface area contributed by atoms with Crippen LogP contribution in [0.1, 0.15) is 10.4 Å². The fourth-order valence-corrected chi connectivity index (χ4v) is 1.11. The van der Waals surface area contributed by atoms with Gasteiger partial charge in [0, 0.05) is 0 Å². The van der Waals surface area contributed by atoms with Gasteiger partial charge in [0.15, 0.2) is 5.65 Å². The van der Waals surface area contributed by atoms with Gasteiger partial charge in [0.1, 0.15) is 11.9 Å². The van der Waals surface area contributed by atoms with Crippen LogP contribution in [-0.2, 0) is 0 Å². The molecule has 0 saturated carbocycles. The first-order valence-electron chi connectivity index (χ1n) is 3.27. The van der Waals surface area contributed by atoms with Crippen LogP contribution in [0.3, 0.4) is 0 Å². The Morgan fingerprint density at radius 1 is 1.54 bits per heavy atom. The molecule has 0 spiro atoms. The number of halogens is 1. The van der Waals surface area contributed by atoms with Crippen molar-refractivity contribution in [2.75, 3.05) is 0 Å². The van der Waals surface area contributed by atoms with Crippen molar-refractivity contribution in [3.05, 3.63) is 23.4 Å². The zero-order valence-corrected chi connectivity index (χ0v) is 6.93. The van der Waals surface area contributed by atoms with Crippen molar-refractivity contribution >= 4 is 23.2 Å². The number of carboxylic acids is 1. The van der Waals surface area contributed by atoms with Crippen LogP contribution in [0.25, 0.3) is 5.65 Å². The number of carbonyl (C=O) groups is 1. The molecule has 13 heavy (non-hydrogen) atoms. The summed E-state index contributed by atoms with van der Waals surface area (Å²) in [6.45, 7) is 0. The Morgan fingerprint density at radius 2 is 2.31 bits per heavy atom. The molecular formula is C6H3ClN4O2. The van der Waals surface area contributed by atoms with E-state index in [0.717, 1.165) is 4.52 Å². The summed E-state index contributed by atoms with van der Waals surface area (Å²) in [5, 5.41) is 12.5. The van der Waals surface area contributed by atoms with E-state index in [4.69, 9.17) is 16.7 Å². The molecule has 2 rings (SSSR count). The Bertz CT molecular complexity index is 480. The molecule has 0 amide bonds. The number of hydrogen-bond donors (Lipinski definition) is 1. The number of aromatic carboxylic acids is 1. The average molecular weight is 199 g/mol. The monoisotopic (exact) mass is 198 g/mol. The highest BCUT2D eigenvalue weighted by molar-refractivity contribution is 6.28. The van der Waals surface area contributed by atoms with Crippen molar-refractivity contribution in [3.63, 3.8) is 0 Å². The largest absolute Gasteiger partial charge is 0.477 e. The highest BCUT2D eigenvalue weighted by Gasteiger charge is 2.13. The van der Waals surface area contributed by atoms with Crippen molar-refractivity contribution in [2.45, 2.75) is 0 Å². The van der Waals surface area contributed by atoms with Gasteiger partial charge in [-0.05, 0) is 11.6 Å². The maximum atomic E-state index is 10.6. The van der Waals surface area contributed by atoms with Crippen LogP contribution in [0.4, 0.5) is 0 Å². The summed E-state index contributed by atoms with van der Waals surface area (Å²) in [6, 6.07) is 0. The fraction of sp³-hybridized carbons (Fsp3) is 0. The third-order valence-electron chi connectivity index (χ3n) is 1.49. The smallest absolute Gasteiger partial charge is 0.341 e. The molecule has 0 aromatic carbocycles. The van der Waals surface area contributed by atoms with E-state index < -0.39 is 5.97 Å². The lowest BCUT2D eigenvalue weighted by Gasteiger charge is -1.93. The first-order chi connectivity index (χ1) is 6.20. The van der Waals surface area contributed by atoms with Crippen LogP contribution in [0.15, 0.2) is 12.5 Å². The Morgan fingerprint density at radius 3 is 3.00 bits per heavy atom. The first-order valence-corrected chi connectivity index (χ1v) is 3.65. The summed E-state index contributed by atoms with van der Waals surface area (Å²) >= 11 is 5.63. The minimum Gasteiger partial charge on any atom is -0.477 e. The van der Waals surface area contributed by atoms with Crippen molar-refractivity contribution in [2.24, 2.45) is 0 Å². The van der Waals surface area contributed by atoms with Crippen LogP contribution in [0, 0.1) is 0 Å². The molecule has 2 aromatic heterocycles. The number of hydrogen-bond acceptors (Lipinski definition) is 4. The molecule has 0 saturated heterocycles. The molecule has 7 heteroatoms. The number of nitrogens with zero attached hydrogens (tertiary/aromatic N) is 4. The van der Waals surface area contributed by atoms with E-state index in [-0.39, 0.29) is 16.5 Å². The van der Waals surface area contributed by atoms with E-state index in [0.29, 0.717) is 0 Å². The molecule has 0 radical (unpaired) electrons. The molecule has 6 nitrogen and oxygen atoms in total. The molecule has 0 aliphatic heterocycles. The van der Waals surface area contributed by atoms with Crippen molar-refractivity contribution in [1.29, 1.82) is 0 Å². The Hall–Kier alpha value is -1.69. The van der Waals surface area contributed by atoms with Gasteiger partial charge in [-0.3, -0.25) is 0 Å². The maximum absolute atomic E-state index is 10.6. The molecule has 0 fully saturated rings. The fourth-order valence-electron chi connectivity index (χ4n) is 0.938. The Kier molecular flexibility index (Phi) is 1.63. The number of rotatable bonds is 1. The molecule has 0 unspecified atom stereocenters. The maximum Gasteiger partial charge on any atom is 0.341 e. The van der Waals surface area contributed by atoms with E-state index in [1.54, 1.807) is 0 Å². The molecule has 66 valence electrons. The third-order valence-corrected chi connectivity index (χ3v) is 1.75. The Balaban J connectivity index is 2.83.